The molecule has 0 saturated carbocycles. The van der Waals surface area contributed by atoms with Gasteiger partial charge in [-0.05, 0) is 30.2 Å². The van der Waals surface area contributed by atoms with E-state index < -0.39 is 0 Å². The first-order valence-corrected chi connectivity index (χ1v) is 11.8. The van der Waals surface area contributed by atoms with E-state index in [-0.39, 0.29) is 35.7 Å². The smallest absolute Gasteiger partial charge is 0.307 e. The van der Waals surface area contributed by atoms with Crippen molar-refractivity contribution in [1.82, 2.24) is 40.3 Å². The van der Waals surface area contributed by atoms with Crippen molar-refractivity contribution >= 4 is 29.9 Å². The van der Waals surface area contributed by atoms with Crippen molar-refractivity contribution in [3.8, 4) is 11.4 Å². The Morgan fingerprint density at radius 1 is 1.22 bits per heavy atom. The highest BCUT2D eigenvalue weighted by atomic mass is 35.5. The van der Waals surface area contributed by atoms with Crippen LogP contribution >= 0.6 is 12.4 Å². The summed E-state index contributed by atoms with van der Waals surface area (Å²) >= 11 is 0. The van der Waals surface area contributed by atoms with E-state index in [4.69, 9.17) is 4.42 Å². The third-order valence-electron chi connectivity index (χ3n) is 6.01. The van der Waals surface area contributed by atoms with Crippen LogP contribution in [0.3, 0.4) is 0 Å². The molecule has 0 radical (unpaired) electrons. The number of carbonyl (C=O) groups is 1. The third-order valence-corrected chi connectivity index (χ3v) is 6.01. The molecule has 0 fully saturated rings. The van der Waals surface area contributed by atoms with Crippen LogP contribution in [0.4, 0.5) is 11.6 Å². The minimum Gasteiger partial charge on any atom is -0.441 e. The van der Waals surface area contributed by atoms with E-state index in [0.29, 0.717) is 18.3 Å². The van der Waals surface area contributed by atoms with Crippen LogP contribution < -0.4 is 16.0 Å². The van der Waals surface area contributed by atoms with Gasteiger partial charge in [0, 0.05) is 30.8 Å². The highest BCUT2D eigenvalue weighted by Gasteiger charge is 2.26. The molecule has 1 aromatic carbocycles. The number of aryl methyl sites for hydroxylation is 1. The highest BCUT2D eigenvalue weighted by Crippen LogP contribution is 2.29. The molecule has 0 aliphatic carbocycles. The molecule has 1 amide bonds. The van der Waals surface area contributed by atoms with Crippen LogP contribution in [0, 0.1) is 0 Å². The second-order valence-corrected chi connectivity index (χ2v) is 9.85. The lowest BCUT2D eigenvalue weighted by Gasteiger charge is -2.19. The molecule has 1 aliphatic rings. The van der Waals surface area contributed by atoms with Gasteiger partial charge in [-0.15, -0.1) is 12.4 Å². The number of hydrogen-bond acceptors (Lipinski definition) is 9. The Hall–Kier alpha value is -3.83. The number of anilines is 2. The summed E-state index contributed by atoms with van der Waals surface area (Å²) in [6, 6.07) is 5.87. The number of fused-ring (bicyclic) bond motifs is 1. The van der Waals surface area contributed by atoms with Crippen LogP contribution in [0.15, 0.2) is 47.6 Å². The summed E-state index contributed by atoms with van der Waals surface area (Å²) in [6.07, 6.45) is 7.32. The lowest BCUT2D eigenvalue weighted by atomic mass is 9.93. The van der Waals surface area contributed by atoms with Crippen LogP contribution in [0.5, 0.6) is 0 Å². The summed E-state index contributed by atoms with van der Waals surface area (Å²) in [5.41, 5.74) is 4.32. The number of halogens is 1. The molecule has 194 valence electrons. The van der Waals surface area contributed by atoms with Gasteiger partial charge in [0.1, 0.15) is 12.6 Å². The van der Waals surface area contributed by atoms with Crippen molar-refractivity contribution in [2.24, 2.45) is 7.05 Å². The van der Waals surface area contributed by atoms with Crippen LogP contribution in [0.2, 0.25) is 0 Å². The van der Waals surface area contributed by atoms with Crippen molar-refractivity contribution in [3.63, 3.8) is 0 Å². The molecule has 3 aromatic heterocycles. The fourth-order valence-electron chi connectivity index (χ4n) is 4.07. The van der Waals surface area contributed by atoms with Gasteiger partial charge < -0.3 is 20.4 Å². The SMILES string of the molecule is Cl.Cn1cc(Nc2ncnc(-c3ccc4c(c3)CNCC[C@H]4NC(=O)c3nc(C(C)(C)C)co3)n2)cn1. The molecule has 0 bridgehead atoms. The first-order chi connectivity index (χ1) is 17.3. The van der Waals surface area contributed by atoms with Gasteiger partial charge in [-0.1, -0.05) is 32.9 Å². The quantitative estimate of drug-likeness (QED) is 0.357. The van der Waals surface area contributed by atoms with E-state index in [2.05, 4.69) is 47.1 Å². The zero-order valence-electron chi connectivity index (χ0n) is 21.1. The third kappa shape index (κ3) is 5.95. The second-order valence-electron chi connectivity index (χ2n) is 9.85. The molecule has 4 heterocycles. The van der Waals surface area contributed by atoms with Gasteiger partial charge in [-0.3, -0.25) is 9.48 Å². The first kappa shape index (κ1) is 26.2. The fraction of sp³-hybridized carbons (Fsp3) is 0.360. The van der Waals surface area contributed by atoms with Crippen LogP contribution in [0.1, 0.15) is 60.7 Å². The lowest BCUT2D eigenvalue weighted by Crippen LogP contribution is -2.30. The van der Waals surface area contributed by atoms with Crippen LogP contribution in [-0.2, 0) is 19.0 Å². The molecule has 37 heavy (non-hydrogen) atoms. The Kier molecular flexibility index (Phi) is 7.55. The standard InChI is InChI=1S/C25H29N9O2.ClH/c1-25(2,3)20-13-36-23(32-20)22(35)31-19-7-8-26-10-16-9-15(5-6-18(16)19)21-27-14-28-24(33-21)30-17-11-29-34(4)12-17;/h5-6,9,11-14,19,26H,7-8,10H2,1-4H3,(H,31,35)(H,27,28,30,33);1H/t19-;/m1./s1. The minimum atomic E-state index is -0.323. The average Bonchev–Trinajstić information content (AvgIpc) is 3.46. The van der Waals surface area contributed by atoms with E-state index in [1.807, 2.05) is 46.1 Å². The van der Waals surface area contributed by atoms with Crippen molar-refractivity contribution in [1.29, 1.82) is 0 Å². The van der Waals surface area contributed by atoms with E-state index in [9.17, 15) is 4.79 Å². The molecule has 1 aliphatic heterocycles. The van der Waals surface area contributed by atoms with Gasteiger partial charge in [0.25, 0.3) is 5.89 Å². The minimum absolute atomic E-state index is 0. The predicted molar refractivity (Wildman–Crippen MR) is 141 cm³/mol. The summed E-state index contributed by atoms with van der Waals surface area (Å²) in [5.74, 6) is 0.746. The first-order valence-electron chi connectivity index (χ1n) is 11.8. The van der Waals surface area contributed by atoms with Crippen molar-refractivity contribution in [3.05, 3.63) is 65.9 Å². The van der Waals surface area contributed by atoms with Crippen molar-refractivity contribution in [2.75, 3.05) is 11.9 Å². The number of oxazole rings is 1. The summed E-state index contributed by atoms with van der Waals surface area (Å²) < 4.78 is 7.17. The number of nitrogens with zero attached hydrogens (tertiary/aromatic N) is 6. The van der Waals surface area contributed by atoms with Crippen molar-refractivity contribution < 1.29 is 9.21 Å². The number of amides is 1. The van der Waals surface area contributed by atoms with Gasteiger partial charge in [-0.25, -0.2) is 15.0 Å². The largest absolute Gasteiger partial charge is 0.441 e. The number of benzene rings is 1. The maximum absolute atomic E-state index is 12.9. The average molecular weight is 524 g/mol. The Bertz CT molecular complexity index is 1390. The molecule has 5 rings (SSSR count). The zero-order chi connectivity index (χ0) is 25.3. The predicted octanol–water partition coefficient (Wildman–Crippen LogP) is 3.69. The molecular weight excluding hydrogens is 494 g/mol. The van der Waals surface area contributed by atoms with Gasteiger partial charge in [0.15, 0.2) is 5.82 Å². The number of hydrogen-bond donors (Lipinski definition) is 3. The van der Waals surface area contributed by atoms with E-state index in [1.165, 1.54) is 6.33 Å². The molecule has 3 N–H and O–H groups in total. The molecular formula is C25H30ClN9O2. The van der Waals surface area contributed by atoms with Gasteiger partial charge >= 0.3 is 5.91 Å². The van der Waals surface area contributed by atoms with E-state index in [0.717, 1.165) is 41.0 Å². The highest BCUT2D eigenvalue weighted by molar-refractivity contribution is 5.90. The van der Waals surface area contributed by atoms with Crippen LogP contribution in [-0.4, -0.2) is 42.2 Å². The summed E-state index contributed by atoms with van der Waals surface area (Å²) in [5, 5.41) is 13.8. The second kappa shape index (κ2) is 10.7. The lowest BCUT2D eigenvalue weighted by molar-refractivity contribution is 0.0900. The van der Waals surface area contributed by atoms with Gasteiger partial charge in [-0.2, -0.15) is 10.1 Å². The number of nitrogens with one attached hydrogen (secondary N) is 3. The Morgan fingerprint density at radius 2 is 2.05 bits per heavy atom. The monoisotopic (exact) mass is 523 g/mol. The number of aromatic nitrogens is 6. The van der Waals surface area contributed by atoms with Gasteiger partial charge in [0.05, 0.1) is 23.6 Å². The number of carbonyl (C=O) groups excluding carboxylic acids is 1. The molecule has 0 spiro atoms. The Labute approximate surface area is 220 Å². The molecule has 0 unspecified atom stereocenters. The summed E-state index contributed by atoms with van der Waals surface area (Å²) in [7, 11) is 1.84. The maximum Gasteiger partial charge on any atom is 0.307 e. The molecule has 1 atom stereocenters. The molecule has 0 saturated heterocycles. The normalized spacial score (nSPS) is 15.3. The Balaban J connectivity index is 0.00000320. The molecule has 11 nitrogen and oxygen atoms in total. The molecule has 12 heteroatoms. The maximum atomic E-state index is 12.9. The molecule has 4 aromatic rings. The van der Waals surface area contributed by atoms with Crippen LogP contribution in [0.25, 0.3) is 11.4 Å². The van der Waals surface area contributed by atoms with Crippen molar-refractivity contribution in [2.45, 2.75) is 45.2 Å². The van der Waals surface area contributed by atoms with Gasteiger partial charge in [0.2, 0.25) is 5.95 Å². The summed E-state index contributed by atoms with van der Waals surface area (Å²) in [4.78, 5) is 30.5. The summed E-state index contributed by atoms with van der Waals surface area (Å²) in [6.45, 7) is 7.53. The number of rotatable bonds is 5. The zero-order valence-corrected chi connectivity index (χ0v) is 22.0. The Morgan fingerprint density at radius 3 is 2.78 bits per heavy atom. The fourth-order valence-corrected chi connectivity index (χ4v) is 4.07. The van der Waals surface area contributed by atoms with E-state index >= 15 is 0 Å². The topological polar surface area (TPSA) is 136 Å². The van der Waals surface area contributed by atoms with E-state index in [1.54, 1.807) is 17.1 Å².